The Kier molecular flexibility index (Phi) is 6.11. The summed E-state index contributed by atoms with van der Waals surface area (Å²) < 4.78 is 5.40. The predicted octanol–water partition coefficient (Wildman–Crippen LogP) is 1.63. The minimum Gasteiger partial charge on any atom is -0.378 e. The van der Waals surface area contributed by atoms with Crippen molar-refractivity contribution >= 4 is 11.7 Å². The third-order valence-electron chi connectivity index (χ3n) is 6.47. The molecule has 7 heteroatoms. The molecule has 0 radical (unpaired) electrons. The normalized spacial score (nSPS) is 25.1. The van der Waals surface area contributed by atoms with Gasteiger partial charge in [0.05, 0.1) is 19.1 Å². The van der Waals surface area contributed by atoms with Gasteiger partial charge in [0.2, 0.25) is 5.91 Å². The van der Waals surface area contributed by atoms with Gasteiger partial charge in [0.25, 0.3) is 0 Å². The van der Waals surface area contributed by atoms with E-state index in [1.54, 1.807) is 0 Å². The van der Waals surface area contributed by atoms with Crippen LogP contribution in [-0.4, -0.2) is 84.2 Å². The van der Waals surface area contributed by atoms with E-state index >= 15 is 0 Å². The Morgan fingerprint density at radius 2 is 1.82 bits per heavy atom. The molecule has 4 rings (SSSR count). The summed E-state index contributed by atoms with van der Waals surface area (Å²) in [7, 11) is 0. The van der Waals surface area contributed by atoms with E-state index < -0.39 is 0 Å². The molecule has 154 valence electrons. The van der Waals surface area contributed by atoms with Crippen LogP contribution in [0.5, 0.6) is 0 Å². The minimum absolute atomic E-state index is 0.164. The highest BCUT2D eigenvalue weighted by molar-refractivity contribution is 5.79. The molecular formula is C21H33N5O2. The molecule has 7 nitrogen and oxygen atoms in total. The molecule has 1 unspecified atom stereocenters. The van der Waals surface area contributed by atoms with Gasteiger partial charge in [-0.15, -0.1) is 0 Å². The van der Waals surface area contributed by atoms with Gasteiger partial charge in [-0.05, 0) is 46.1 Å². The van der Waals surface area contributed by atoms with E-state index in [0.717, 1.165) is 82.2 Å². The Hall–Kier alpha value is -1.73. The van der Waals surface area contributed by atoms with Gasteiger partial charge in [0, 0.05) is 50.5 Å². The molecule has 0 spiro atoms. The molecule has 0 bridgehead atoms. The van der Waals surface area contributed by atoms with Gasteiger partial charge in [-0.25, -0.2) is 9.97 Å². The number of hydrogen-bond acceptors (Lipinski definition) is 6. The van der Waals surface area contributed by atoms with Crippen molar-refractivity contribution in [3.05, 3.63) is 17.6 Å². The van der Waals surface area contributed by atoms with Gasteiger partial charge >= 0.3 is 0 Å². The number of ether oxygens (including phenoxy) is 1. The van der Waals surface area contributed by atoms with Gasteiger partial charge in [0.15, 0.2) is 0 Å². The summed E-state index contributed by atoms with van der Waals surface area (Å²) in [5.41, 5.74) is 1.15. The van der Waals surface area contributed by atoms with Crippen molar-refractivity contribution in [2.75, 3.05) is 57.4 Å². The molecule has 3 aliphatic heterocycles. The monoisotopic (exact) mass is 387 g/mol. The van der Waals surface area contributed by atoms with E-state index in [0.29, 0.717) is 25.2 Å². The van der Waals surface area contributed by atoms with E-state index in [9.17, 15) is 4.79 Å². The van der Waals surface area contributed by atoms with Gasteiger partial charge in [0.1, 0.15) is 11.6 Å². The van der Waals surface area contributed by atoms with Gasteiger partial charge in [-0.1, -0.05) is 0 Å². The Labute approximate surface area is 168 Å². The molecule has 0 saturated carbocycles. The Balaban J connectivity index is 1.33. The highest BCUT2D eigenvalue weighted by Gasteiger charge is 2.34. The summed E-state index contributed by atoms with van der Waals surface area (Å²) in [6.07, 6.45) is 6.37. The standard InChI is InChI=1S/C21H33N5O2/c1-16-14-22-17(2)23-20(16)24-8-5-19(6-9-24)26-7-3-4-18(15-26)21(27)25-10-12-28-13-11-25/h14,18-19H,3-13,15H2,1-2H3. The van der Waals surface area contributed by atoms with Crippen molar-refractivity contribution in [1.82, 2.24) is 19.8 Å². The first kappa shape index (κ1) is 19.6. The van der Waals surface area contributed by atoms with Crippen molar-refractivity contribution in [1.29, 1.82) is 0 Å². The van der Waals surface area contributed by atoms with Gasteiger partial charge in [-0.3, -0.25) is 9.69 Å². The van der Waals surface area contributed by atoms with Crippen LogP contribution in [0.1, 0.15) is 37.1 Å². The molecule has 1 aromatic heterocycles. The molecule has 0 aliphatic carbocycles. The third kappa shape index (κ3) is 4.30. The zero-order valence-corrected chi connectivity index (χ0v) is 17.3. The molecule has 1 atom stereocenters. The number of carbonyl (C=O) groups excluding carboxylic acids is 1. The fraction of sp³-hybridized carbons (Fsp3) is 0.762. The summed E-state index contributed by atoms with van der Waals surface area (Å²) >= 11 is 0. The van der Waals surface area contributed by atoms with Crippen LogP contribution >= 0.6 is 0 Å². The number of hydrogen-bond donors (Lipinski definition) is 0. The third-order valence-corrected chi connectivity index (χ3v) is 6.47. The van der Waals surface area contributed by atoms with Crippen molar-refractivity contribution in [2.24, 2.45) is 5.92 Å². The van der Waals surface area contributed by atoms with Crippen molar-refractivity contribution in [2.45, 2.75) is 45.6 Å². The van der Waals surface area contributed by atoms with Crippen LogP contribution in [-0.2, 0) is 9.53 Å². The molecule has 0 N–H and O–H groups in total. The minimum atomic E-state index is 0.164. The number of piperidine rings is 2. The SMILES string of the molecule is Cc1ncc(C)c(N2CCC(N3CCCC(C(=O)N4CCOCC4)C3)CC2)n1. The average molecular weight is 388 g/mol. The van der Waals surface area contributed by atoms with Crippen LogP contribution in [0, 0.1) is 19.8 Å². The second-order valence-electron chi connectivity index (χ2n) is 8.41. The summed E-state index contributed by atoms with van der Waals surface area (Å²) in [4.78, 5) is 28.9. The predicted molar refractivity (Wildman–Crippen MR) is 108 cm³/mol. The number of aryl methyl sites for hydroxylation is 2. The van der Waals surface area contributed by atoms with E-state index in [4.69, 9.17) is 4.74 Å². The van der Waals surface area contributed by atoms with Crippen LogP contribution in [0.3, 0.4) is 0 Å². The highest BCUT2D eigenvalue weighted by Crippen LogP contribution is 2.27. The molecule has 1 aromatic rings. The molecule has 28 heavy (non-hydrogen) atoms. The number of rotatable bonds is 3. The second kappa shape index (κ2) is 8.74. The number of likely N-dealkylation sites (tertiary alicyclic amines) is 1. The molecule has 1 amide bonds. The summed E-state index contributed by atoms with van der Waals surface area (Å²) in [6.45, 7) is 11.0. The first-order chi connectivity index (χ1) is 13.6. The first-order valence-corrected chi connectivity index (χ1v) is 10.8. The number of morpholine rings is 1. The number of carbonyl (C=O) groups is 1. The topological polar surface area (TPSA) is 61.8 Å². The summed E-state index contributed by atoms with van der Waals surface area (Å²) in [6, 6.07) is 0.583. The molecule has 0 aromatic carbocycles. The number of amides is 1. The van der Waals surface area contributed by atoms with Crippen molar-refractivity contribution < 1.29 is 9.53 Å². The quantitative estimate of drug-likeness (QED) is 0.786. The summed E-state index contributed by atoms with van der Waals surface area (Å²) in [5.74, 6) is 2.43. The van der Waals surface area contributed by atoms with Crippen LogP contribution in [0.4, 0.5) is 5.82 Å². The smallest absolute Gasteiger partial charge is 0.227 e. The summed E-state index contributed by atoms with van der Waals surface area (Å²) in [5, 5.41) is 0. The van der Waals surface area contributed by atoms with Crippen LogP contribution in [0.2, 0.25) is 0 Å². The molecule has 3 aliphatic rings. The van der Waals surface area contributed by atoms with E-state index in [-0.39, 0.29) is 5.92 Å². The van der Waals surface area contributed by atoms with E-state index in [1.807, 2.05) is 18.0 Å². The van der Waals surface area contributed by atoms with E-state index in [2.05, 4.69) is 26.7 Å². The second-order valence-corrected chi connectivity index (χ2v) is 8.41. The van der Waals surface area contributed by atoms with Crippen molar-refractivity contribution in [3.8, 4) is 0 Å². The maximum absolute atomic E-state index is 12.9. The lowest BCUT2D eigenvalue weighted by Gasteiger charge is -2.43. The Bertz CT molecular complexity index is 683. The van der Waals surface area contributed by atoms with Gasteiger partial charge in [-0.2, -0.15) is 0 Å². The largest absolute Gasteiger partial charge is 0.378 e. The maximum Gasteiger partial charge on any atom is 0.227 e. The maximum atomic E-state index is 12.9. The fourth-order valence-corrected chi connectivity index (χ4v) is 4.86. The highest BCUT2D eigenvalue weighted by atomic mass is 16.5. The average Bonchev–Trinajstić information content (AvgIpc) is 2.76. The van der Waals surface area contributed by atoms with Crippen LogP contribution in [0.25, 0.3) is 0 Å². The molecular weight excluding hydrogens is 354 g/mol. The number of aromatic nitrogens is 2. The lowest BCUT2D eigenvalue weighted by atomic mass is 9.92. The molecule has 3 fully saturated rings. The van der Waals surface area contributed by atoms with E-state index in [1.165, 1.54) is 0 Å². The van der Waals surface area contributed by atoms with Crippen molar-refractivity contribution in [3.63, 3.8) is 0 Å². The molecule has 3 saturated heterocycles. The van der Waals surface area contributed by atoms with Gasteiger partial charge < -0.3 is 14.5 Å². The van der Waals surface area contributed by atoms with Crippen LogP contribution in [0.15, 0.2) is 6.20 Å². The number of anilines is 1. The lowest BCUT2D eigenvalue weighted by molar-refractivity contribution is -0.141. The molecule has 4 heterocycles. The lowest BCUT2D eigenvalue weighted by Crippen LogP contribution is -2.52. The number of nitrogens with zero attached hydrogens (tertiary/aromatic N) is 5. The van der Waals surface area contributed by atoms with Crippen LogP contribution < -0.4 is 4.90 Å². The first-order valence-electron chi connectivity index (χ1n) is 10.8. The zero-order valence-electron chi connectivity index (χ0n) is 17.3. The Morgan fingerprint density at radius 1 is 1.07 bits per heavy atom. The zero-order chi connectivity index (χ0) is 19.5. The Morgan fingerprint density at radius 3 is 2.57 bits per heavy atom. The fourth-order valence-electron chi connectivity index (χ4n) is 4.86.